The summed E-state index contributed by atoms with van der Waals surface area (Å²) in [6.45, 7) is 2.03. The third-order valence-corrected chi connectivity index (χ3v) is 1.54. The largest absolute Gasteiger partial charge is 0.257 e. The van der Waals surface area contributed by atoms with Gasteiger partial charge in [0.15, 0.2) is 0 Å². The molecule has 1 aromatic rings. The van der Waals surface area contributed by atoms with Crippen LogP contribution in [0.2, 0.25) is 0 Å². The van der Waals surface area contributed by atoms with Gasteiger partial charge in [-0.15, -0.1) is 0 Å². The lowest BCUT2D eigenvalue weighted by molar-refractivity contribution is 1.24. The first-order valence-corrected chi connectivity index (χ1v) is 4.16. The molecule has 0 N–H and O–H groups in total. The highest BCUT2D eigenvalue weighted by Crippen LogP contribution is 2.00. The van der Waals surface area contributed by atoms with Crippen molar-refractivity contribution in [3.8, 4) is 0 Å². The Morgan fingerprint density at radius 1 is 1.55 bits per heavy atom. The van der Waals surface area contributed by atoms with Crippen LogP contribution >= 0.6 is 12.6 Å². The molecule has 0 saturated carbocycles. The minimum Gasteiger partial charge on any atom is -0.257 e. The Bertz CT molecular complexity index is 238. The van der Waals surface area contributed by atoms with Crippen LogP contribution in [0.15, 0.2) is 24.4 Å². The molecule has 0 radical (unpaired) electrons. The SMILES string of the molecule is Cc1ccc(C=CCS)nc1. The van der Waals surface area contributed by atoms with Gasteiger partial charge < -0.3 is 0 Å². The fourth-order valence-corrected chi connectivity index (χ4v) is 0.857. The molecule has 0 spiro atoms. The fraction of sp³-hybridized carbons (Fsp3) is 0.222. The highest BCUT2D eigenvalue weighted by molar-refractivity contribution is 7.80. The maximum atomic E-state index is 4.20. The van der Waals surface area contributed by atoms with Crippen LogP contribution in [-0.2, 0) is 0 Å². The lowest BCUT2D eigenvalue weighted by Crippen LogP contribution is -1.80. The monoisotopic (exact) mass is 165 g/mol. The quantitative estimate of drug-likeness (QED) is 0.664. The molecule has 1 rings (SSSR count). The van der Waals surface area contributed by atoms with E-state index >= 15 is 0 Å². The molecule has 0 saturated heterocycles. The topological polar surface area (TPSA) is 12.9 Å². The molecule has 1 nitrogen and oxygen atoms in total. The Labute approximate surface area is 72.6 Å². The van der Waals surface area contributed by atoms with E-state index in [-0.39, 0.29) is 0 Å². The third kappa shape index (κ3) is 2.76. The summed E-state index contributed by atoms with van der Waals surface area (Å²) in [7, 11) is 0. The van der Waals surface area contributed by atoms with Crippen LogP contribution < -0.4 is 0 Å². The number of rotatable bonds is 2. The zero-order valence-corrected chi connectivity index (χ0v) is 7.38. The van der Waals surface area contributed by atoms with Crippen molar-refractivity contribution in [1.82, 2.24) is 4.98 Å². The molecule has 0 unspecified atom stereocenters. The predicted octanol–water partition coefficient (Wildman–Crippen LogP) is 2.33. The molecule has 0 aliphatic carbocycles. The minimum absolute atomic E-state index is 0.759. The number of aromatic nitrogens is 1. The summed E-state index contributed by atoms with van der Waals surface area (Å²) in [6.07, 6.45) is 5.80. The normalized spacial score (nSPS) is 10.7. The molecular formula is C9H11NS. The van der Waals surface area contributed by atoms with Crippen molar-refractivity contribution in [3.63, 3.8) is 0 Å². The van der Waals surface area contributed by atoms with Crippen LogP contribution in [0.3, 0.4) is 0 Å². The minimum atomic E-state index is 0.759. The number of hydrogen-bond donors (Lipinski definition) is 1. The highest BCUT2D eigenvalue weighted by Gasteiger charge is 1.85. The van der Waals surface area contributed by atoms with Crippen LogP contribution in [-0.4, -0.2) is 10.7 Å². The predicted molar refractivity (Wildman–Crippen MR) is 51.9 cm³/mol. The van der Waals surface area contributed by atoms with E-state index in [4.69, 9.17) is 0 Å². The lowest BCUT2D eigenvalue weighted by atomic mass is 10.2. The van der Waals surface area contributed by atoms with Crippen molar-refractivity contribution in [2.24, 2.45) is 0 Å². The summed E-state index contributed by atoms with van der Waals surface area (Å²) in [5, 5.41) is 0. The number of nitrogens with zero attached hydrogens (tertiary/aromatic N) is 1. The van der Waals surface area contributed by atoms with Crippen molar-refractivity contribution in [1.29, 1.82) is 0 Å². The van der Waals surface area contributed by atoms with Crippen molar-refractivity contribution in [2.75, 3.05) is 5.75 Å². The van der Waals surface area contributed by atoms with E-state index in [1.165, 1.54) is 5.56 Å². The van der Waals surface area contributed by atoms with Gasteiger partial charge in [0.2, 0.25) is 0 Å². The summed E-state index contributed by atoms with van der Waals surface area (Å²) in [4.78, 5) is 4.20. The molecule has 0 aliphatic heterocycles. The van der Waals surface area contributed by atoms with Gasteiger partial charge in [-0.25, -0.2) is 0 Å². The Balaban J connectivity index is 2.73. The first-order chi connectivity index (χ1) is 5.33. The molecule has 0 aliphatic rings. The van der Waals surface area contributed by atoms with E-state index in [2.05, 4.69) is 17.6 Å². The van der Waals surface area contributed by atoms with Gasteiger partial charge in [-0.3, -0.25) is 4.98 Å². The average molecular weight is 165 g/mol. The van der Waals surface area contributed by atoms with Crippen molar-refractivity contribution in [2.45, 2.75) is 6.92 Å². The number of thiol groups is 1. The molecule has 2 heteroatoms. The zero-order valence-electron chi connectivity index (χ0n) is 6.49. The third-order valence-electron chi connectivity index (χ3n) is 1.33. The summed E-state index contributed by atoms with van der Waals surface area (Å²) in [6, 6.07) is 4.04. The molecule has 0 atom stereocenters. The Morgan fingerprint density at radius 3 is 2.91 bits per heavy atom. The molecule has 11 heavy (non-hydrogen) atoms. The van der Waals surface area contributed by atoms with Crippen LogP contribution in [0.4, 0.5) is 0 Å². The Morgan fingerprint density at radius 2 is 2.36 bits per heavy atom. The molecular weight excluding hydrogens is 154 g/mol. The van der Waals surface area contributed by atoms with E-state index in [0.717, 1.165) is 11.4 Å². The zero-order chi connectivity index (χ0) is 8.10. The van der Waals surface area contributed by atoms with Crippen molar-refractivity contribution >= 4 is 18.7 Å². The molecule has 1 aromatic heterocycles. The van der Waals surface area contributed by atoms with Crippen molar-refractivity contribution in [3.05, 3.63) is 35.7 Å². The second-order valence-corrected chi connectivity index (χ2v) is 2.71. The van der Waals surface area contributed by atoms with Crippen LogP contribution in [0.25, 0.3) is 6.08 Å². The van der Waals surface area contributed by atoms with Crippen molar-refractivity contribution < 1.29 is 0 Å². The van der Waals surface area contributed by atoms with E-state index in [1.807, 2.05) is 37.4 Å². The van der Waals surface area contributed by atoms with Crippen LogP contribution in [0, 0.1) is 6.92 Å². The Hall–Kier alpha value is -0.760. The molecule has 58 valence electrons. The molecule has 0 fully saturated rings. The smallest absolute Gasteiger partial charge is 0.0626 e. The lowest BCUT2D eigenvalue weighted by Gasteiger charge is -1.92. The van der Waals surface area contributed by atoms with Gasteiger partial charge in [-0.1, -0.05) is 12.1 Å². The Kier molecular flexibility index (Phi) is 3.17. The number of hydrogen-bond acceptors (Lipinski definition) is 2. The van der Waals surface area contributed by atoms with Gasteiger partial charge in [0.05, 0.1) is 5.69 Å². The highest BCUT2D eigenvalue weighted by atomic mass is 32.1. The number of aryl methyl sites for hydroxylation is 1. The second-order valence-electron chi connectivity index (χ2n) is 2.35. The average Bonchev–Trinajstić information content (AvgIpc) is 2.04. The van der Waals surface area contributed by atoms with E-state index in [0.29, 0.717) is 0 Å². The first-order valence-electron chi connectivity index (χ1n) is 3.53. The first kappa shape index (κ1) is 8.34. The summed E-state index contributed by atoms with van der Waals surface area (Å²) in [5.74, 6) is 0.759. The second kappa shape index (κ2) is 4.19. The van der Waals surface area contributed by atoms with Crippen LogP contribution in [0.1, 0.15) is 11.3 Å². The molecule has 0 aromatic carbocycles. The maximum Gasteiger partial charge on any atom is 0.0626 e. The van der Waals surface area contributed by atoms with Crippen LogP contribution in [0.5, 0.6) is 0 Å². The van der Waals surface area contributed by atoms with Gasteiger partial charge in [-0.2, -0.15) is 12.6 Å². The number of pyridine rings is 1. The summed E-state index contributed by atoms with van der Waals surface area (Å²) < 4.78 is 0. The maximum absolute atomic E-state index is 4.20. The van der Waals surface area contributed by atoms with E-state index in [1.54, 1.807) is 0 Å². The van der Waals surface area contributed by atoms with E-state index in [9.17, 15) is 0 Å². The van der Waals surface area contributed by atoms with Gasteiger partial charge >= 0.3 is 0 Å². The fourth-order valence-electron chi connectivity index (χ4n) is 0.751. The molecule has 0 amide bonds. The molecule has 0 bridgehead atoms. The van der Waals surface area contributed by atoms with Gasteiger partial charge in [-0.05, 0) is 24.6 Å². The summed E-state index contributed by atoms with van der Waals surface area (Å²) in [5.41, 5.74) is 2.18. The van der Waals surface area contributed by atoms with Gasteiger partial charge in [0, 0.05) is 11.9 Å². The van der Waals surface area contributed by atoms with Gasteiger partial charge in [0.25, 0.3) is 0 Å². The summed E-state index contributed by atoms with van der Waals surface area (Å²) >= 11 is 4.06. The van der Waals surface area contributed by atoms with E-state index < -0.39 is 0 Å². The molecule has 1 heterocycles. The standard InChI is InChI=1S/C9H11NS/c1-8-4-5-9(10-7-8)3-2-6-11/h2-5,7,11H,6H2,1H3. The van der Waals surface area contributed by atoms with Gasteiger partial charge in [0.1, 0.15) is 0 Å².